The molecule has 0 spiro atoms. The van der Waals surface area contributed by atoms with E-state index in [-0.39, 0.29) is 25.7 Å². The van der Waals surface area contributed by atoms with Gasteiger partial charge in [0, 0.05) is 13.0 Å². The molecular formula is C20H42NO7P. The van der Waals surface area contributed by atoms with Gasteiger partial charge in [0.2, 0.25) is 0 Å². The third kappa shape index (κ3) is 20.5. The molecule has 0 aliphatic carbocycles. The number of hydrogen-bond acceptors (Lipinski definition) is 7. The number of carbonyl (C=O) groups excluding carboxylic acids is 1. The van der Waals surface area contributed by atoms with Gasteiger partial charge in [0.15, 0.2) is 0 Å². The van der Waals surface area contributed by atoms with Crippen molar-refractivity contribution in [1.29, 1.82) is 0 Å². The maximum Gasteiger partial charge on any atom is 0.472 e. The van der Waals surface area contributed by atoms with Gasteiger partial charge < -0.3 is 20.5 Å². The monoisotopic (exact) mass is 439 g/mol. The van der Waals surface area contributed by atoms with Crippen molar-refractivity contribution in [2.24, 2.45) is 5.73 Å². The normalized spacial score (nSPS) is 14.5. The molecule has 0 heterocycles. The fraction of sp³-hybridized carbons (Fsp3) is 0.950. The van der Waals surface area contributed by atoms with Gasteiger partial charge in [-0.05, 0) is 6.42 Å². The van der Waals surface area contributed by atoms with Crippen LogP contribution in [0.4, 0.5) is 0 Å². The smallest absolute Gasteiger partial charge is 0.463 e. The van der Waals surface area contributed by atoms with Gasteiger partial charge in [-0.3, -0.25) is 13.8 Å². The average molecular weight is 440 g/mol. The molecule has 0 fully saturated rings. The summed E-state index contributed by atoms with van der Waals surface area (Å²) in [5, 5.41) is 9.64. The van der Waals surface area contributed by atoms with E-state index >= 15 is 0 Å². The van der Waals surface area contributed by atoms with Gasteiger partial charge >= 0.3 is 13.8 Å². The summed E-state index contributed by atoms with van der Waals surface area (Å²) in [6.45, 7) is 1.43. The number of phosphoric ester groups is 1. The van der Waals surface area contributed by atoms with Gasteiger partial charge in [0.05, 0.1) is 13.2 Å². The summed E-state index contributed by atoms with van der Waals surface area (Å²) in [5.41, 5.74) is 5.16. The molecule has 174 valence electrons. The van der Waals surface area contributed by atoms with Crippen LogP contribution >= 0.6 is 7.82 Å². The van der Waals surface area contributed by atoms with Crippen LogP contribution in [-0.4, -0.2) is 48.4 Å². The largest absolute Gasteiger partial charge is 0.472 e. The van der Waals surface area contributed by atoms with E-state index in [1.807, 2.05) is 0 Å². The Kier molecular flexibility index (Phi) is 19.1. The highest BCUT2D eigenvalue weighted by atomic mass is 31.2. The minimum atomic E-state index is -4.23. The second kappa shape index (κ2) is 19.5. The maximum atomic E-state index is 11.7. The van der Waals surface area contributed by atoms with Gasteiger partial charge in [0.25, 0.3) is 0 Å². The number of carbonyl (C=O) groups is 1. The Hall–Kier alpha value is -0.500. The van der Waals surface area contributed by atoms with Crippen LogP contribution in [0.5, 0.6) is 0 Å². The number of unbranched alkanes of at least 4 members (excludes halogenated alkanes) is 11. The zero-order chi connectivity index (χ0) is 21.8. The van der Waals surface area contributed by atoms with Crippen LogP contribution in [0.25, 0.3) is 0 Å². The SMILES string of the molecule is CCCCCCCCCCCCCCC(=O)OC[C@@H](O)COP(=O)(O)OCCN. The van der Waals surface area contributed by atoms with Crippen LogP contribution in [0, 0.1) is 0 Å². The Balaban J connectivity index is 3.48. The van der Waals surface area contributed by atoms with E-state index in [0.29, 0.717) is 6.42 Å². The fourth-order valence-corrected chi connectivity index (χ4v) is 3.58. The molecule has 0 aromatic heterocycles. The molecule has 2 atom stereocenters. The Labute approximate surface area is 176 Å². The molecule has 29 heavy (non-hydrogen) atoms. The van der Waals surface area contributed by atoms with Crippen molar-refractivity contribution in [3.05, 3.63) is 0 Å². The van der Waals surface area contributed by atoms with Gasteiger partial charge in [-0.15, -0.1) is 0 Å². The van der Waals surface area contributed by atoms with Crippen molar-refractivity contribution < 1.29 is 33.1 Å². The second-order valence-corrected chi connectivity index (χ2v) is 8.82. The van der Waals surface area contributed by atoms with E-state index in [2.05, 4.69) is 16.0 Å². The molecule has 0 aliphatic heterocycles. The molecule has 0 amide bonds. The lowest BCUT2D eigenvalue weighted by Gasteiger charge is -2.15. The number of phosphoric acid groups is 1. The van der Waals surface area contributed by atoms with Crippen LogP contribution in [0.1, 0.15) is 90.4 Å². The first-order chi connectivity index (χ1) is 13.9. The topological polar surface area (TPSA) is 128 Å². The summed E-state index contributed by atoms with van der Waals surface area (Å²) >= 11 is 0. The van der Waals surface area contributed by atoms with E-state index in [9.17, 15) is 19.4 Å². The van der Waals surface area contributed by atoms with E-state index in [4.69, 9.17) is 10.5 Å². The van der Waals surface area contributed by atoms with Crippen molar-refractivity contribution in [3.63, 3.8) is 0 Å². The number of esters is 1. The molecule has 0 aromatic rings. The highest BCUT2D eigenvalue weighted by Gasteiger charge is 2.22. The first-order valence-corrected chi connectivity index (χ1v) is 12.6. The number of rotatable bonds is 21. The highest BCUT2D eigenvalue weighted by Crippen LogP contribution is 2.42. The van der Waals surface area contributed by atoms with E-state index < -0.39 is 20.5 Å². The number of aliphatic hydroxyl groups is 1. The minimum absolute atomic E-state index is 0.0766. The molecule has 0 rings (SSSR count). The van der Waals surface area contributed by atoms with Gasteiger partial charge in [-0.2, -0.15) is 0 Å². The number of hydrogen-bond donors (Lipinski definition) is 3. The maximum absolute atomic E-state index is 11.7. The summed E-state index contributed by atoms with van der Waals surface area (Å²) in [4.78, 5) is 20.9. The van der Waals surface area contributed by atoms with Gasteiger partial charge in [0.1, 0.15) is 12.7 Å². The predicted octanol–water partition coefficient (Wildman–Crippen LogP) is 4.07. The average Bonchev–Trinajstić information content (AvgIpc) is 2.70. The molecule has 0 saturated heterocycles. The predicted molar refractivity (Wildman–Crippen MR) is 113 cm³/mol. The Bertz CT molecular complexity index is 437. The summed E-state index contributed by atoms with van der Waals surface area (Å²) in [5.74, 6) is -0.386. The molecule has 9 heteroatoms. The molecule has 0 saturated carbocycles. The van der Waals surface area contributed by atoms with E-state index in [1.54, 1.807) is 0 Å². The van der Waals surface area contributed by atoms with E-state index in [0.717, 1.165) is 19.3 Å². The van der Waals surface area contributed by atoms with Gasteiger partial charge in [-0.25, -0.2) is 4.57 Å². The van der Waals surface area contributed by atoms with Crippen LogP contribution in [0.15, 0.2) is 0 Å². The summed E-state index contributed by atoms with van der Waals surface area (Å²) in [7, 11) is -4.23. The molecule has 0 bridgehead atoms. The molecule has 0 aromatic carbocycles. The number of nitrogens with two attached hydrogens (primary N) is 1. The number of aliphatic hydroxyl groups excluding tert-OH is 1. The van der Waals surface area contributed by atoms with Crippen LogP contribution in [0.3, 0.4) is 0 Å². The molecule has 4 N–H and O–H groups in total. The first-order valence-electron chi connectivity index (χ1n) is 11.1. The standard InChI is InChI=1S/C20H42NO7P/c1-2-3-4-5-6-7-8-9-10-11-12-13-14-20(23)26-17-19(22)18-28-29(24,25)27-16-15-21/h19,22H,2-18,21H2,1H3,(H,24,25)/t19-/m1/s1. The molecular weight excluding hydrogens is 397 g/mol. The Morgan fingerprint density at radius 3 is 1.93 bits per heavy atom. The Morgan fingerprint density at radius 1 is 0.897 bits per heavy atom. The van der Waals surface area contributed by atoms with Crippen LogP contribution in [0.2, 0.25) is 0 Å². The molecule has 8 nitrogen and oxygen atoms in total. The van der Waals surface area contributed by atoms with Crippen molar-refractivity contribution in [1.82, 2.24) is 0 Å². The third-order valence-corrected chi connectivity index (χ3v) is 5.46. The summed E-state index contributed by atoms with van der Waals surface area (Å²) in [6, 6.07) is 0. The number of ether oxygens (including phenoxy) is 1. The molecule has 1 unspecified atom stereocenters. The van der Waals surface area contributed by atoms with Crippen molar-refractivity contribution in [2.75, 3.05) is 26.4 Å². The molecule has 0 aliphatic rings. The Morgan fingerprint density at radius 2 is 1.41 bits per heavy atom. The zero-order valence-electron chi connectivity index (χ0n) is 18.1. The lowest BCUT2D eigenvalue weighted by Crippen LogP contribution is -2.23. The van der Waals surface area contributed by atoms with Crippen molar-refractivity contribution in [3.8, 4) is 0 Å². The summed E-state index contributed by atoms with van der Waals surface area (Å²) in [6.07, 6.45) is 13.8. The van der Waals surface area contributed by atoms with Gasteiger partial charge in [-0.1, -0.05) is 77.6 Å². The zero-order valence-corrected chi connectivity index (χ0v) is 19.0. The minimum Gasteiger partial charge on any atom is -0.463 e. The van der Waals surface area contributed by atoms with Crippen LogP contribution < -0.4 is 5.73 Å². The quantitative estimate of drug-likeness (QED) is 0.139. The van der Waals surface area contributed by atoms with Crippen molar-refractivity contribution >= 4 is 13.8 Å². The highest BCUT2D eigenvalue weighted by molar-refractivity contribution is 7.47. The van der Waals surface area contributed by atoms with E-state index in [1.165, 1.54) is 57.8 Å². The lowest BCUT2D eigenvalue weighted by atomic mass is 10.0. The van der Waals surface area contributed by atoms with Crippen LogP contribution in [-0.2, 0) is 23.1 Å². The molecule has 0 radical (unpaired) electrons. The first kappa shape index (κ1) is 28.5. The second-order valence-electron chi connectivity index (χ2n) is 7.36. The third-order valence-electron chi connectivity index (χ3n) is 4.47. The fourth-order valence-electron chi connectivity index (χ4n) is 2.81. The summed E-state index contributed by atoms with van der Waals surface area (Å²) < 4.78 is 25.5. The van der Waals surface area contributed by atoms with Crippen molar-refractivity contribution in [2.45, 2.75) is 96.5 Å². The lowest BCUT2D eigenvalue weighted by molar-refractivity contribution is -0.147.